The average molecular weight is 260 g/mol. The van der Waals surface area contributed by atoms with Crippen molar-refractivity contribution in [2.75, 3.05) is 0 Å². The minimum absolute atomic E-state index is 0.334. The smallest absolute Gasteiger partial charge is 0.166 e. The first-order valence-electron chi connectivity index (χ1n) is 4.94. The van der Waals surface area contributed by atoms with E-state index >= 15 is 0 Å². The summed E-state index contributed by atoms with van der Waals surface area (Å²) in [4.78, 5) is 5.67. The number of aromatic nitrogens is 3. The molecule has 0 aliphatic carbocycles. The van der Waals surface area contributed by atoms with Crippen molar-refractivity contribution >= 4 is 34.2 Å². The first-order chi connectivity index (χ1) is 8.27. The zero-order chi connectivity index (χ0) is 11.8. The summed E-state index contributed by atoms with van der Waals surface area (Å²) in [6, 6.07) is 7.90. The molecule has 17 heavy (non-hydrogen) atoms. The van der Waals surface area contributed by atoms with Crippen LogP contribution < -0.4 is 5.73 Å². The molecule has 6 heteroatoms. The minimum Gasteiger partial charge on any atom is -0.389 e. The molecule has 0 saturated carbocycles. The van der Waals surface area contributed by atoms with Gasteiger partial charge in [0.25, 0.3) is 0 Å². The van der Waals surface area contributed by atoms with Crippen LogP contribution in [0.5, 0.6) is 0 Å². The fraction of sp³-hybridized carbons (Fsp3) is 0. The van der Waals surface area contributed by atoms with Gasteiger partial charge in [0.2, 0.25) is 0 Å². The van der Waals surface area contributed by atoms with E-state index in [0.717, 1.165) is 16.1 Å². The molecule has 3 aromatic heterocycles. The second-order valence-electron chi connectivity index (χ2n) is 3.47. The Morgan fingerprint density at radius 2 is 2.24 bits per heavy atom. The van der Waals surface area contributed by atoms with Crippen LogP contribution in [0.1, 0.15) is 5.56 Å². The van der Waals surface area contributed by atoms with E-state index in [4.69, 9.17) is 18.0 Å². The molecule has 0 bridgehead atoms. The topological polar surface area (TPSA) is 56.2 Å². The molecule has 4 nitrogen and oxygen atoms in total. The average Bonchev–Trinajstić information content (AvgIpc) is 2.98. The van der Waals surface area contributed by atoms with Gasteiger partial charge in [0.15, 0.2) is 5.65 Å². The van der Waals surface area contributed by atoms with Gasteiger partial charge < -0.3 is 5.73 Å². The summed E-state index contributed by atoms with van der Waals surface area (Å²) in [7, 11) is 0. The van der Waals surface area contributed by atoms with E-state index in [9.17, 15) is 0 Å². The third kappa shape index (κ3) is 1.62. The summed E-state index contributed by atoms with van der Waals surface area (Å²) in [6.45, 7) is 0. The van der Waals surface area contributed by atoms with Crippen LogP contribution in [0.15, 0.2) is 36.0 Å². The molecule has 2 N–H and O–H groups in total. The highest BCUT2D eigenvalue weighted by molar-refractivity contribution is 7.80. The fourth-order valence-corrected chi connectivity index (χ4v) is 2.61. The Hall–Kier alpha value is -1.79. The fourth-order valence-electron chi connectivity index (χ4n) is 1.71. The summed E-state index contributed by atoms with van der Waals surface area (Å²) >= 11 is 6.65. The maximum Gasteiger partial charge on any atom is 0.166 e. The summed E-state index contributed by atoms with van der Waals surface area (Å²) in [5.74, 6) is 0. The Bertz CT molecular complexity index is 685. The highest BCUT2D eigenvalue weighted by Crippen LogP contribution is 2.25. The molecule has 84 valence electrons. The number of hydrogen-bond acceptors (Lipinski definition) is 4. The van der Waals surface area contributed by atoms with Gasteiger partial charge in [0.05, 0.1) is 16.1 Å². The summed E-state index contributed by atoms with van der Waals surface area (Å²) < 4.78 is 1.76. The lowest BCUT2D eigenvalue weighted by molar-refractivity contribution is 0.971. The van der Waals surface area contributed by atoms with Crippen LogP contribution >= 0.6 is 23.6 Å². The highest BCUT2D eigenvalue weighted by atomic mass is 32.1. The van der Waals surface area contributed by atoms with E-state index in [1.165, 1.54) is 6.33 Å². The van der Waals surface area contributed by atoms with Crippen LogP contribution in [-0.2, 0) is 0 Å². The molecule has 0 unspecified atom stereocenters. The Balaban J connectivity index is 2.33. The van der Waals surface area contributed by atoms with Crippen molar-refractivity contribution in [1.29, 1.82) is 0 Å². The van der Waals surface area contributed by atoms with Crippen LogP contribution in [0, 0.1) is 0 Å². The van der Waals surface area contributed by atoms with Gasteiger partial charge in [0, 0.05) is 0 Å². The predicted molar refractivity (Wildman–Crippen MR) is 72.2 cm³/mol. The number of thiocarbonyl (C=S) groups is 1. The lowest BCUT2D eigenvalue weighted by atomic mass is 10.2. The van der Waals surface area contributed by atoms with Crippen LogP contribution in [-0.4, -0.2) is 19.6 Å². The molecule has 3 aromatic rings. The van der Waals surface area contributed by atoms with Gasteiger partial charge in [-0.15, -0.1) is 11.3 Å². The number of fused-ring (bicyclic) bond motifs is 1. The number of nitrogens with two attached hydrogens (primary N) is 1. The first kappa shape index (κ1) is 10.4. The Kier molecular flexibility index (Phi) is 2.38. The van der Waals surface area contributed by atoms with Gasteiger partial charge in [-0.3, -0.25) is 0 Å². The van der Waals surface area contributed by atoms with Crippen molar-refractivity contribution in [2.24, 2.45) is 5.73 Å². The summed E-state index contributed by atoms with van der Waals surface area (Å²) in [6.07, 6.45) is 1.51. The Morgan fingerprint density at radius 3 is 2.94 bits per heavy atom. The van der Waals surface area contributed by atoms with Crippen LogP contribution in [0.4, 0.5) is 0 Å². The molecule has 0 saturated heterocycles. The number of nitrogens with zero attached hydrogens (tertiary/aromatic N) is 3. The number of thiophene rings is 1. The zero-order valence-corrected chi connectivity index (χ0v) is 10.3. The molecule has 0 aliphatic rings. The lowest BCUT2D eigenvalue weighted by Gasteiger charge is -2.05. The third-order valence-electron chi connectivity index (χ3n) is 2.46. The van der Waals surface area contributed by atoms with E-state index in [1.807, 2.05) is 29.6 Å². The Morgan fingerprint density at radius 1 is 1.35 bits per heavy atom. The molecule has 0 aromatic carbocycles. The van der Waals surface area contributed by atoms with Gasteiger partial charge in [0.1, 0.15) is 11.3 Å². The van der Waals surface area contributed by atoms with Crippen molar-refractivity contribution < 1.29 is 0 Å². The summed E-state index contributed by atoms with van der Waals surface area (Å²) in [5, 5.41) is 6.24. The van der Waals surface area contributed by atoms with Gasteiger partial charge >= 0.3 is 0 Å². The van der Waals surface area contributed by atoms with Crippen LogP contribution in [0.25, 0.3) is 16.2 Å². The molecular formula is C11H8N4S2. The quantitative estimate of drug-likeness (QED) is 0.717. The third-order valence-corrected chi connectivity index (χ3v) is 3.58. The molecule has 0 spiro atoms. The number of hydrogen-bond donors (Lipinski definition) is 1. The van der Waals surface area contributed by atoms with Crippen molar-refractivity contribution in [1.82, 2.24) is 14.6 Å². The lowest BCUT2D eigenvalue weighted by Crippen LogP contribution is -2.12. The second-order valence-corrected chi connectivity index (χ2v) is 4.86. The maximum absolute atomic E-state index is 5.66. The maximum atomic E-state index is 5.66. The van der Waals surface area contributed by atoms with E-state index in [1.54, 1.807) is 15.9 Å². The van der Waals surface area contributed by atoms with Crippen LogP contribution in [0.2, 0.25) is 0 Å². The van der Waals surface area contributed by atoms with Crippen molar-refractivity contribution in [2.45, 2.75) is 0 Å². The number of pyridine rings is 1. The normalized spacial score (nSPS) is 10.8. The SMILES string of the molecule is NC(=S)c1ccc(-c2cccs2)n2ncnc12. The minimum atomic E-state index is 0.334. The van der Waals surface area contributed by atoms with Crippen molar-refractivity contribution in [3.8, 4) is 10.6 Å². The van der Waals surface area contributed by atoms with Gasteiger partial charge in [-0.1, -0.05) is 18.3 Å². The van der Waals surface area contributed by atoms with E-state index in [-0.39, 0.29) is 0 Å². The standard InChI is InChI=1S/C11H8N4S2/c12-10(16)7-3-4-8(9-2-1-5-17-9)15-11(7)13-6-14-15/h1-6H,(H2,12,16). The zero-order valence-electron chi connectivity index (χ0n) is 8.70. The molecule has 0 atom stereocenters. The van der Waals surface area contributed by atoms with Gasteiger partial charge in [-0.2, -0.15) is 5.10 Å². The molecular weight excluding hydrogens is 252 g/mol. The molecule has 3 rings (SSSR count). The Labute approximate surface area is 107 Å². The first-order valence-corrected chi connectivity index (χ1v) is 6.22. The molecule has 0 fully saturated rings. The second kappa shape index (κ2) is 3.90. The van der Waals surface area contributed by atoms with E-state index in [2.05, 4.69) is 10.1 Å². The largest absolute Gasteiger partial charge is 0.389 e. The van der Waals surface area contributed by atoms with Crippen molar-refractivity contribution in [3.05, 3.63) is 41.5 Å². The highest BCUT2D eigenvalue weighted by Gasteiger charge is 2.11. The molecule has 0 aliphatic heterocycles. The summed E-state index contributed by atoms with van der Waals surface area (Å²) in [5.41, 5.74) is 8.10. The van der Waals surface area contributed by atoms with Gasteiger partial charge in [-0.05, 0) is 23.6 Å². The number of rotatable bonds is 2. The van der Waals surface area contributed by atoms with Crippen LogP contribution in [0.3, 0.4) is 0 Å². The monoisotopic (exact) mass is 260 g/mol. The molecule has 0 radical (unpaired) electrons. The predicted octanol–water partition coefficient (Wildman–Crippen LogP) is 2.09. The molecule has 3 heterocycles. The van der Waals surface area contributed by atoms with Crippen molar-refractivity contribution in [3.63, 3.8) is 0 Å². The van der Waals surface area contributed by atoms with Gasteiger partial charge in [-0.25, -0.2) is 9.50 Å². The molecule has 0 amide bonds. The van der Waals surface area contributed by atoms with E-state index in [0.29, 0.717) is 10.6 Å². The van der Waals surface area contributed by atoms with E-state index < -0.39 is 0 Å².